The lowest BCUT2D eigenvalue weighted by atomic mass is 10.3. The smallest absolute Gasteiger partial charge is 0.191 e. The van der Waals surface area contributed by atoms with E-state index in [2.05, 4.69) is 15.8 Å². The van der Waals surface area contributed by atoms with Crippen LogP contribution in [-0.2, 0) is 0 Å². The van der Waals surface area contributed by atoms with Crippen LogP contribution >= 0.6 is 12.2 Å². The number of methoxy groups -OCH3 is 1. The number of hydrogen-bond donors (Lipinski definition) is 2. The van der Waals surface area contributed by atoms with Crippen LogP contribution in [0.2, 0.25) is 0 Å². The van der Waals surface area contributed by atoms with Gasteiger partial charge in [-0.05, 0) is 50.0 Å². The van der Waals surface area contributed by atoms with Gasteiger partial charge in [0.1, 0.15) is 5.75 Å². The lowest BCUT2D eigenvalue weighted by Crippen LogP contribution is -2.24. The summed E-state index contributed by atoms with van der Waals surface area (Å²) in [5, 5.41) is 7.87. The zero-order valence-electron chi connectivity index (χ0n) is 10.4. The fourth-order valence-electron chi connectivity index (χ4n) is 1.88. The summed E-state index contributed by atoms with van der Waals surface area (Å²) >= 11 is 5.18. The van der Waals surface area contributed by atoms with Crippen LogP contribution in [0, 0.1) is 0 Å². The van der Waals surface area contributed by atoms with Crippen molar-refractivity contribution in [3.8, 4) is 5.75 Å². The highest BCUT2D eigenvalue weighted by Crippen LogP contribution is 2.16. The predicted molar refractivity (Wildman–Crippen MR) is 78.3 cm³/mol. The zero-order valence-corrected chi connectivity index (χ0v) is 11.2. The van der Waals surface area contributed by atoms with Crippen LogP contribution in [0.3, 0.4) is 0 Å². The molecule has 0 unspecified atom stereocenters. The Morgan fingerprint density at radius 3 is 2.83 bits per heavy atom. The van der Waals surface area contributed by atoms with Crippen LogP contribution in [0.4, 0.5) is 5.69 Å². The molecule has 0 aliphatic heterocycles. The molecule has 18 heavy (non-hydrogen) atoms. The largest absolute Gasteiger partial charge is 0.497 e. The quantitative estimate of drug-likeness (QED) is 0.650. The van der Waals surface area contributed by atoms with Gasteiger partial charge in [0.15, 0.2) is 5.11 Å². The third kappa shape index (κ3) is 3.70. The van der Waals surface area contributed by atoms with Crippen LogP contribution in [0.1, 0.15) is 25.7 Å². The third-order valence-corrected chi connectivity index (χ3v) is 3.02. The number of nitrogens with zero attached hydrogens (tertiary/aromatic N) is 1. The van der Waals surface area contributed by atoms with Crippen molar-refractivity contribution in [3.63, 3.8) is 0 Å². The van der Waals surface area contributed by atoms with Gasteiger partial charge in [-0.15, -0.1) is 0 Å². The van der Waals surface area contributed by atoms with Gasteiger partial charge in [-0.25, -0.2) is 0 Å². The maximum Gasteiger partial charge on any atom is 0.191 e. The summed E-state index contributed by atoms with van der Waals surface area (Å²) in [5.74, 6) is 0.796. The number of rotatable bonds is 3. The molecule has 1 aliphatic carbocycles. The lowest BCUT2D eigenvalue weighted by Gasteiger charge is -2.08. The Labute approximate surface area is 112 Å². The van der Waals surface area contributed by atoms with Gasteiger partial charge < -0.3 is 10.1 Å². The summed E-state index contributed by atoms with van der Waals surface area (Å²) in [6.45, 7) is 0. The van der Waals surface area contributed by atoms with Crippen LogP contribution < -0.4 is 15.5 Å². The molecule has 2 rings (SSSR count). The minimum Gasteiger partial charge on any atom is -0.497 e. The summed E-state index contributed by atoms with van der Waals surface area (Å²) in [6, 6.07) is 7.61. The second-order valence-corrected chi connectivity index (χ2v) is 4.59. The Kier molecular flexibility index (Phi) is 4.52. The molecule has 96 valence electrons. The maximum absolute atomic E-state index is 5.18. The van der Waals surface area contributed by atoms with Crippen molar-refractivity contribution in [2.45, 2.75) is 25.7 Å². The molecule has 2 N–H and O–H groups in total. The topological polar surface area (TPSA) is 45.6 Å². The average Bonchev–Trinajstić information content (AvgIpc) is 2.90. The lowest BCUT2D eigenvalue weighted by molar-refractivity contribution is 0.415. The maximum atomic E-state index is 5.18. The summed E-state index contributed by atoms with van der Waals surface area (Å²) < 4.78 is 5.15. The van der Waals surface area contributed by atoms with E-state index in [-0.39, 0.29) is 0 Å². The van der Waals surface area contributed by atoms with Crippen LogP contribution in [0.5, 0.6) is 5.75 Å². The second kappa shape index (κ2) is 6.35. The molecule has 0 heterocycles. The SMILES string of the molecule is COc1cccc(NC(=S)NN=C2CCCC2)c1. The Hall–Kier alpha value is -1.62. The van der Waals surface area contributed by atoms with Crippen molar-refractivity contribution in [3.05, 3.63) is 24.3 Å². The summed E-state index contributed by atoms with van der Waals surface area (Å²) in [4.78, 5) is 0. The standard InChI is InChI=1S/C13H17N3OS/c1-17-12-8-4-7-11(9-12)14-13(18)16-15-10-5-2-3-6-10/h4,7-9H,2-3,5-6H2,1H3,(H2,14,16,18). The molecule has 1 saturated carbocycles. The number of thiocarbonyl (C=S) groups is 1. The number of hydrazone groups is 1. The number of hydrogen-bond acceptors (Lipinski definition) is 3. The van der Waals surface area contributed by atoms with Gasteiger partial charge in [-0.2, -0.15) is 5.10 Å². The molecule has 1 aromatic rings. The Morgan fingerprint density at radius 1 is 1.33 bits per heavy atom. The summed E-state index contributed by atoms with van der Waals surface area (Å²) in [5.41, 5.74) is 4.96. The van der Waals surface area contributed by atoms with Crippen LogP contribution in [-0.4, -0.2) is 17.9 Å². The molecular weight excluding hydrogens is 246 g/mol. The normalized spacial score (nSPS) is 14.2. The van der Waals surface area contributed by atoms with E-state index in [4.69, 9.17) is 17.0 Å². The molecule has 0 spiro atoms. The predicted octanol–water partition coefficient (Wildman–Crippen LogP) is 2.91. The molecule has 1 aliphatic rings. The molecule has 0 bridgehead atoms. The monoisotopic (exact) mass is 263 g/mol. The molecular formula is C13H17N3OS. The molecule has 4 nitrogen and oxygen atoms in total. The zero-order chi connectivity index (χ0) is 12.8. The van der Waals surface area contributed by atoms with Crippen molar-refractivity contribution in [2.75, 3.05) is 12.4 Å². The fourth-order valence-corrected chi connectivity index (χ4v) is 2.05. The third-order valence-electron chi connectivity index (χ3n) is 2.82. The van der Waals surface area contributed by atoms with Crippen molar-refractivity contribution >= 4 is 28.7 Å². The van der Waals surface area contributed by atoms with Crippen molar-refractivity contribution in [1.29, 1.82) is 0 Å². The molecule has 1 fully saturated rings. The Morgan fingerprint density at radius 2 is 2.11 bits per heavy atom. The summed E-state index contributed by atoms with van der Waals surface area (Å²) in [6.07, 6.45) is 4.62. The highest BCUT2D eigenvalue weighted by atomic mass is 32.1. The van der Waals surface area contributed by atoms with E-state index in [1.807, 2.05) is 24.3 Å². The first kappa shape index (κ1) is 12.8. The molecule has 0 saturated heterocycles. The van der Waals surface area contributed by atoms with Gasteiger partial charge in [0.2, 0.25) is 0 Å². The van der Waals surface area contributed by atoms with Gasteiger partial charge in [-0.1, -0.05) is 6.07 Å². The van der Waals surface area contributed by atoms with Crippen LogP contribution in [0.25, 0.3) is 0 Å². The molecule has 0 radical (unpaired) electrons. The molecule has 1 aromatic carbocycles. The molecule has 5 heteroatoms. The Balaban J connectivity index is 1.88. The number of ether oxygens (including phenoxy) is 1. The number of anilines is 1. The highest BCUT2D eigenvalue weighted by Gasteiger charge is 2.08. The average molecular weight is 263 g/mol. The first-order valence-electron chi connectivity index (χ1n) is 6.04. The number of nitrogens with one attached hydrogen (secondary N) is 2. The minimum absolute atomic E-state index is 0.502. The first-order chi connectivity index (χ1) is 8.78. The molecule has 0 amide bonds. The number of benzene rings is 1. The Bertz CT molecular complexity index is 451. The first-order valence-corrected chi connectivity index (χ1v) is 6.45. The van der Waals surface area contributed by atoms with E-state index in [1.54, 1.807) is 7.11 Å². The molecule has 0 aromatic heterocycles. The fraction of sp³-hybridized carbons (Fsp3) is 0.385. The molecule has 0 atom stereocenters. The second-order valence-electron chi connectivity index (χ2n) is 4.18. The van der Waals surface area contributed by atoms with Gasteiger partial charge in [0.25, 0.3) is 0 Å². The summed E-state index contributed by atoms with van der Waals surface area (Å²) in [7, 11) is 1.64. The van der Waals surface area contributed by atoms with E-state index < -0.39 is 0 Å². The van der Waals surface area contributed by atoms with Gasteiger partial charge >= 0.3 is 0 Å². The van der Waals surface area contributed by atoms with Crippen molar-refractivity contribution in [2.24, 2.45) is 5.10 Å². The van der Waals surface area contributed by atoms with E-state index in [0.29, 0.717) is 5.11 Å². The van der Waals surface area contributed by atoms with Crippen molar-refractivity contribution in [1.82, 2.24) is 5.43 Å². The van der Waals surface area contributed by atoms with Gasteiger partial charge in [-0.3, -0.25) is 5.43 Å². The van der Waals surface area contributed by atoms with E-state index in [0.717, 1.165) is 24.3 Å². The van der Waals surface area contributed by atoms with Gasteiger partial charge in [0, 0.05) is 17.5 Å². The van der Waals surface area contributed by atoms with E-state index in [9.17, 15) is 0 Å². The van der Waals surface area contributed by atoms with E-state index in [1.165, 1.54) is 18.6 Å². The van der Waals surface area contributed by atoms with Gasteiger partial charge in [0.05, 0.1) is 7.11 Å². The van der Waals surface area contributed by atoms with Crippen LogP contribution in [0.15, 0.2) is 29.4 Å². The van der Waals surface area contributed by atoms with Crippen molar-refractivity contribution < 1.29 is 4.74 Å². The highest BCUT2D eigenvalue weighted by molar-refractivity contribution is 7.80. The minimum atomic E-state index is 0.502. The van der Waals surface area contributed by atoms with E-state index >= 15 is 0 Å².